The van der Waals surface area contributed by atoms with Crippen molar-refractivity contribution >= 4 is 23.2 Å². The highest BCUT2D eigenvalue weighted by Crippen LogP contribution is 2.32. The first-order valence-electron chi connectivity index (χ1n) is 9.27. The van der Waals surface area contributed by atoms with Gasteiger partial charge in [-0.2, -0.15) is 0 Å². The van der Waals surface area contributed by atoms with Gasteiger partial charge in [0, 0.05) is 10.4 Å². The van der Waals surface area contributed by atoms with Crippen LogP contribution in [-0.4, -0.2) is 17.0 Å². The average molecular weight is 395 g/mol. The van der Waals surface area contributed by atoms with Gasteiger partial charge in [0.1, 0.15) is 17.0 Å². The normalized spacial score (nSPS) is 15.7. The molecule has 0 fully saturated rings. The number of fused-ring (bicyclic) bond motifs is 1. The van der Waals surface area contributed by atoms with Crippen LogP contribution in [0.1, 0.15) is 49.6 Å². The maximum Gasteiger partial charge on any atom is 0.279 e. The van der Waals surface area contributed by atoms with Crippen LogP contribution in [0, 0.1) is 12.8 Å². The highest BCUT2D eigenvalue weighted by Gasteiger charge is 2.24. The van der Waals surface area contributed by atoms with Crippen molar-refractivity contribution in [1.82, 2.24) is 16.0 Å². The second-order valence-corrected chi connectivity index (χ2v) is 8.28. The Morgan fingerprint density at radius 2 is 1.93 bits per heavy atom. The molecule has 6 nitrogen and oxygen atoms in total. The van der Waals surface area contributed by atoms with E-state index < -0.39 is 5.91 Å². The molecular formula is C21H21N3O3S. The number of benzene rings is 1. The largest absolute Gasteiger partial charge is 0.360 e. The molecule has 0 saturated heterocycles. The summed E-state index contributed by atoms with van der Waals surface area (Å²) in [6.45, 7) is 3.90. The van der Waals surface area contributed by atoms with E-state index in [9.17, 15) is 9.59 Å². The zero-order valence-corrected chi connectivity index (χ0v) is 16.6. The van der Waals surface area contributed by atoms with E-state index in [1.54, 1.807) is 6.92 Å². The van der Waals surface area contributed by atoms with Gasteiger partial charge in [0.2, 0.25) is 0 Å². The van der Waals surface area contributed by atoms with Crippen molar-refractivity contribution in [3.8, 4) is 11.3 Å². The molecule has 0 saturated carbocycles. The van der Waals surface area contributed by atoms with Gasteiger partial charge in [-0.05, 0) is 43.7 Å². The molecule has 2 amide bonds. The monoisotopic (exact) mass is 395 g/mol. The van der Waals surface area contributed by atoms with E-state index >= 15 is 0 Å². The second-order valence-electron chi connectivity index (χ2n) is 7.14. The number of carbonyl (C=O) groups excluding carboxylic acids is 2. The molecule has 3 aromatic rings. The van der Waals surface area contributed by atoms with E-state index in [1.165, 1.54) is 21.8 Å². The molecule has 2 N–H and O–H groups in total. The maximum atomic E-state index is 12.7. The Morgan fingerprint density at radius 3 is 2.71 bits per heavy atom. The third-order valence-corrected chi connectivity index (χ3v) is 6.22. The minimum atomic E-state index is -0.458. The van der Waals surface area contributed by atoms with Crippen LogP contribution in [0.15, 0.2) is 40.9 Å². The minimum Gasteiger partial charge on any atom is -0.360 e. The van der Waals surface area contributed by atoms with Crippen LogP contribution in [0.2, 0.25) is 0 Å². The molecule has 2 aromatic heterocycles. The van der Waals surface area contributed by atoms with Gasteiger partial charge in [0.15, 0.2) is 0 Å². The first kappa shape index (κ1) is 18.4. The van der Waals surface area contributed by atoms with Crippen LogP contribution >= 0.6 is 11.3 Å². The molecule has 0 bridgehead atoms. The van der Waals surface area contributed by atoms with E-state index in [2.05, 4.69) is 22.9 Å². The minimum absolute atomic E-state index is 0.309. The standard InChI is InChI=1S/C21H21N3O3S/c1-12-8-9-16-15(10-12)11-17(28-16)20(25)22-23-21(26)18-13(2)27-24-19(18)14-6-4-3-5-7-14/h3-7,11-12H,8-10H2,1-2H3,(H,22,25)(H,23,26)/t12-/m0/s1. The third-order valence-electron chi connectivity index (χ3n) is 4.98. The molecule has 1 atom stereocenters. The Kier molecular flexibility index (Phi) is 5.00. The van der Waals surface area contributed by atoms with Crippen molar-refractivity contribution < 1.29 is 14.1 Å². The van der Waals surface area contributed by atoms with Gasteiger partial charge in [-0.25, -0.2) is 0 Å². The number of carbonyl (C=O) groups is 2. The molecule has 0 aliphatic heterocycles. The molecule has 0 radical (unpaired) electrons. The lowest BCUT2D eigenvalue weighted by molar-refractivity contribution is 0.0848. The van der Waals surface area contributed by atoms with E-state index in [0.29, 0.717) is 27.8 Å². The van der Waals surface area contributed by atoms with Crippen LogP contribution in [-0.2, 0) is 12.8 Å². The number of aryl methyl sites for hydroxylation is 2. The first-order valence-corrected chi connectivity index (χ1v) is 10.1. The lowest BCUT2D eigenvalue weighted by Gasteiger charge is -2.16. The zero-order chi connectivity index (χ0) is 19.7. The smallest absolute Gasteiger partial charge is 0.279 e. The van der Waals surface area contributed by atoms with Gasteiger partial charge in [0.05, 0.1) is 4.88 Å². The predicted molar refractivity (Wildman–Crippen MR) is 107 cm³/mol. The molecule has 1 aliphatic rings. The molecular weight excluding hydrogens is 374 g/mol. The third kappa shape index (κ3) is 3.57. The maximum absolute atomic E-state index is 12.7. The Bertz CT molecular complexity index is 1020. The zero-order valence-electron chi connectivity index (χ0n) is 15.7. The molecule has 1 aliphatic carbocycles. The number of hydrazine groups is 1. The van der Waals surface area contributed by atoms with Gasteiger partial charge in [0.25, 0.3) is 11.8 Å². The second kappa shape index (κ2) is 7.59. The van der Waals surface area contributed by atoms with E-state index in [0.717, 1.165) is 24.8 Å². The van der Waals surface area contributed by atoms with Gasteiger partial charge in [-0.15, -0.1) is 11.3 Å². The number of rotatable bonds is 3. The summed E-state index contributed by atoms with van der Waals surface area (Å²) in [5.74, 6) is 0.272. The molecule has 4 rings (SSSR count). The SMILES string of the molecule is Cc1onc(-c2ccccc2)c1C(=O)NNC(=O)c1cc2c(s1)CC[C@H](C)C2. The number of nitrogens with one attached hydrogen (secondary N) is 2. The Labute approximate surface area is 166 Å². The molecule has 28 heavy (non-hydrogen) atoms. The number of aromatic nitrogens is 1. The molecule has 0 spiro atoms. The Morgan fingerprint density at radius 1 is 1.18 bits per heavy atom. The summed E-state index contributed by atoms with van der Waals surface area (Å²) in [4.78, 5) is 27.1. The van der Waals surface area contributed by atoms with Crippen LogP contribution < -0.4 is 10.9 Å². The molecule has 0 unspecified atom stereocenters. The average Bonchev–Trinajstić information content (AvgIpc) is 3.29. The molecule has 2 heterocycles. The number of amides is 2. The van der Waals surface area contributed by atoms with E-state index in [-0.39, 0.29) is 5.91 Å². The van der Waals surface area contributed by atoms with E-state index in [4.69, 9.17) is 4.52 Å². The summed E-state index contributed by atoms with van der Waals surface area (Å²) >= 11 is 1.50. The van der Waals surface area contributed by atoms with Crippen molar-refractivity contribution in [3.63, 3.8) is 0 Å². The van der Waals surface area contributed by atoms with Crippen LogP contribution in [0.3, 0.4) is 0 Å². The van der Waals surface area contributed by atoms with Crippen molar-refractivity contribution in [3.05, 3.63) is 63.0 Å². The summed E-state index contributed by atoms with van der Waals surface area (Å²) in [5, 5.41) is 4.00. The number of hydrogen-bond donors (Lipinski definition) is 2. The van der Waals surface area contributed by atoms with Gasteiger partial charge in [-0.1, -0.05) is 42.4 Å². The van der Waals surface area contributed by atoms with E-state index in [1.807, 2.05) is 36.4 Å². The van der Waals surface area contributed by atoms with Gasteiger partial charge >= 0.3 is 0 Å². The lowest BCUT2D eigenvalue weighted by Crippen LogP contribution is -2.41. The van der Waals surface area contributed by atoms with Gasteiger partial charge < -0.3 is 4.52 Å². The predicted octanol–water partition coefficient (Wildman–Crippen LogP) is 3.91. The fraction of sp³-hybridized carbons (Fsp3) is 0.286. The highest BCUT2D eigenvalue weighted by molar-refractivity contribution is 7.14. The first-order chi connectivity index (χ1) is 13.5. The van der Waals surface area contributed by atoms with Crippen molar-refractivity contribution in [1.29, 1.82) is 0 Å². The number of nitrogens with zero attached hydrogens (tertiary/aromatic N) is 1. The van der Waals surface area contributed by atoms with Crippen LogP contribution in [0.25, 0.3) is 11.3 Å². The fourth-order valence-electron chi connectivity index (χ4n) is 3.49. The van der Waals surface area contributed by atoms with Gasteiger partial charge in [-0.3, -0.25) is 20.4 Å². The topological polar surface area (TPSA) is 84.2 Å². The highest BCUT2D eigenvalue weighted by atomic mass is 32.1. The molecule has 1 aromatic carbocycles. The number of thiophene rings is 1. The summed E-state index contributed by atoms with van der Waals surface area (Å²) in [6, 6.07) is 11.3. The fourth-order valence-corrected chi connectivity index (χ4v) is 4.59. The summed E-state index contributed by atoms with van der Waals surface area (Å²) in [6.07, 6.45) is 3.17. The Balaban J connectivity index is 1.47. The quantitative estimate of drug-likeness (QED) is 0.659. The lowest BCUT2D eigenvalue weighted by atomic mass is 9.90. The molecule has 7 heteroatoms. The number of hydrogen-bond acceptors (Lipinski definition) is 5. The summed E-state index contributed by atoms with van der Waals surface area (Å²) in [7, 11) is 0. The molecule has 144 valence electrons. The summed E-state index contributed by atoms with van der Waals surface area (Å²) < 4.78 is 5.21. The van der Waals surface area contributed by atoms with Crippen LogP contribution in [0.5, 0.6) is 0 Å². The van der Waals surface area contributed by atoms with Crippen molar-refractivity contribution in [2.45, 2.75) is 33.1 Å². The Hall–Kier alpha value is -2.93. The van der Waals surface area contributed by atoms with Crippen LogP contribution in [0.4, 0.5) is 0 Å². The summed E-state index contributed by atoms with van der Waals surface area (Å²) in [5.41, 5.74) is 7.79. The van der Waals surface area contributed by atoms with Crippen molar-refractivity contribution in [2.75, 3.05) is 0 Å². The van der Waals surface area contributed by atoms with Crippen molar-refractivity contribution in [2.24, 2.45) is 5.92 Å².